The van der Waals surface area contributed by atoms with Gasteiger partial charge in [-0.1, -0.05) is 0 Å². The maximum Gasteiger partial charge on any atom is 0.167 e. The quantitative estimate of drug-likeness (QED) is 0.814. The SMILES string of the molecule is COc1cc(NCc2ccncc2)c(N)cc1F. The van der Waals surface area contributed by atoms with Gasteiger partial charge in [0.15, 0.2) is 11.6 Å². The van der Waals surface area contributed by atoms with Crippen LogP contribution in [0.15, 0.2) is 36.7 Å². The first-order valence-electron chi connectivity index (χ1n) is 5.46. The second-order valence-electron chi connectivity index (χ2n) is 3.78. The number of benzene rings is 1. The summed E-state index contributed by atoms with van der Waals surface area (Å²) in [7, 11) is 1.42. The number of methoxy groups -OCH3 is 1. The van der Waals surface area contributed by atoms with Gasteiger partial charge in [-0.15, -0.1) is 0 Å². The lowest BCUT2D eigenvalue weighted by Crippen LogP contribution is -2.04. The highest BCUT2D eigenvalue weighted by molar-refractivity contribution is 5.68. The molecule has 0 saturated heterocycles. The third kappa shape index (κ3) is 2.68. The first kappa shape index (κ1) is 12.2. The van der Waals surface area contributed by atoms with E-state index in [2.05, 4.69) is 10.3 Å². The van der Waals surface area contributed by atoms with Crippen molar-refractivity contribution in [1.82, 2.24) is 4.98 Å². The van der Waals surface area contributed by atoms with Crippen LogP contribution in [0, 0.1) is 5.82 Å². The van der Waals surface area contributed by atoms with Crippen LogP contribution in [-0.4, -0.2) is 12.1 Å². The van der Waals surface area contributed by atoms with E-state index in [4.69, 9.17) is 10.5 Å². The Bertz CT molecular complexity index is 531. The van der Waals surface area contributed by atoms with Gasteiger partial charge in [0.25, 0.3) is 0 Å². The molecule has 0 spiro atoms. The maximum absolute atomic E-state index is 13.4. The first-order valence-corrected chi connectivity index (χ1v) is 5.46. The Hall–Kier alpha value is -2.30. The van der Waals surface area contributed by atoms with E-state index >= 15 is 0 Å². The van der Waals surface area contributed by atoms with Crippen LogP contribution in [0.3, 0.4) is 0 Å². The molecule has 0 aliphatic rings. The zero-order chi connectivity index (χ0) is 13.0. The van der Waals surface area contributed by atoms with E-state index in [0.717, 1.165) is 5.56 Å². The highest BCUT2D eigenvalue weighted by Crippen LogP contribution is 2.28. The topological polar surface area (TPSA) is 60.2 Å². The minimum Gasteiger partial charge on any atom is -0.494 e. The molecule has 1 aromatic carbocycles. The van der Waals surface area contributed by atoms with Crippen molar-refractivity contribution in [2.75, 3.05) is 18.2 Å². The summed E-state index contributed by atoms with van der Waals surface area (Å²) in [6.45, 7) is 0.585. The molecule has 4 nitrogen and oxygen atoms in total. The van der Waals surface area contributed by atoms with Crippen molar-refractivity contribution in [2.24, 2.45) is 0 Å². The van der Waals surface area contributed by atoms with E-state index in [1.165, 1.54) is 13.2 Å². The summed E-state index contributed by atoms with van der Waals surface area (Å²) >= 11 is 0. The van der Waals surface area contributed by atoms with Crippen LogP contribution in [0.2, 0.25) is 0 Å². The minimum atomic E-state index is -0.468. The van der Waals surface area contributed by atoms with E-state index in [1.807, 2.05) is 12.1 Å². The summed E-state index contributed by atoms with van der Waals surface area (Å²) in [6.07, 6.45) is 3.43. The number of ether oxygens (including phenoxy) is 1. The van der Waals surface area contributed by atoms with Gasteiger partial charge in [-0.25, -0.2) is 4.39 Å². The lowest BCUT2D eigenvalue weighted by atomic mass is 10.2. The lowest BCUT2D eigenvalue weighted by Gasteiger charge is -2.11. The van der Waals surface area contributed by atoms with Crippen LogP contribution in [-0.2, 0) is 6.54 Å². The number of hydrogen-bond acceptors (Lipinski definition) is 4. The predicted molar refractivity (Wildman–Crippen MR) is 68.9 cm³/mol. The summed E-state index contributed by atoms with van der Waals surface area (Å²) in [5.74, 6) is -0.300. The predicted octanol–water partition coefficient (Wildman–Crippen LogP) is 2.42. The van der Waals surface area contributed by atoms with Crippen LogP contribution in [0.25, 0.3) is 0 Å². The molecule has 94 valence electrons. The molecule has 0 amide bonds. The molecule has 0 unspecified atom stereocenters. The molecular formula is C13H14FN3O. The highest BCUT2D eigenvalue weighted by Gasteiger charge is 2.07. The number of nitrogens with two attached hydrogens (primary N) is 1. The summed E-state index contributed by atoms with van der Waals surface area (Å²) in [6, 6.07) is 6.58. The molecule has 0 atom stereocenters. The van der Waals surface area contributed by atoms with Crippen LogP contribution < -0.4 is 15.8 Å². The van der Waals surface area contributed by atoms with Crippen LogP contribution in [0.1, 0.15) is 5.56 Å². The number of hydrogen-bond donors (Lipinski definition) is 2. The van der Waals surface area contributed by atoms with E-state index in [1.54, 1.807) is 18.5 Å². The van der Waals surface area contributed by atoms with Gasteiger partial charge in [-0.3, -0.25) is 4.98 Å². The lowest BCUT2D eigenvalue weighted by molar-refractivity contribution is 0.387. The smallest absolute Gasteiger partial charge is 0.167 e. The van der Waals surface area contributed by atoms with Gasteiger partial charge >= 0.3 is 0 Å². The number of nitrogens with zero attached hydrogens (tertiary/aromatic N) is 1. The first-order chi connectivity index (χ1) is 8.70. The zero-order valence-corrected chi connectivity index (χ0v) is 9.98. The number of nitrogen functional groups attached to an aromatic ring is 1. The molecule has 18 heavy (non-hydrogen) atoms. The van der Waals surface area contributed by atoms with Crippen molar-refractivity contribution < 1.29 is 9.13 Å². The van der Waals surface area contributed by atoms with Crippen LogP contribution in [0.4, 0.5) is 15.8 Å². The Morgan fingerprint density at radius 2 is 2.06 bits per heavy atom. The Labute approximate surface area is 105 Å². The van der Waals surface area contributed by atoms with E-state index in [-0.39, 0.29) is 5.75 Å². The molecule has 1 heterocycles. The number of rotatable bonds is 4. The van der Waals surface area contributed by atoms with Crippen molar-refractivity contribution in [1.29, 1.82) is 0 Å². The molecule has 0 saturated carbocycles. The van der Waals surface area contributed by atoms with Gasteiger partial charge < -0.3 is 15.8 Å². The molecule has 1 aromatic heterocycles. The maximum atomic E-state index is 13.4. The van der Waals surface area contributed by atoms with Gasteiger partial charge in [-0.2, -0.15) is 0 Å². The van der Waals surface area contributed by atoms with Gasteiger partial charge in [-0.05, 0) is 17.7 Å². The van der Waals surface area contributed by atoms with Gasteiger partial charge in [0.05, 0.1) is 18.5 Å². The second-order valence-corrected chi connectivity index (χ2v) is 3.78. The average Bonchev–Trinajstić information content (AvgIpc) is 2.39. The van der Waals surface area contributed by atoms with E-state index in [9.17, 15) is 4.39 Å². The molecule has 3 N–H and O–H groups in total. The monoisotopic (exact) mass is 247 g/mol. The molecule has 0 aliphatic carbocycles. The van der Waals surface area contributed by atoms with Crippen molar-refractivity contribution in [3.63, 3.8) is 0 Å². The van der Waals surface area contributed by atoms with Crippen molar-refractivity contribution in [2.45, 2.75) is 6.54 Å². The Morgan fingerprint density at radius 3 is 2.72 bits per heavy atom. The summed E-state index contributed by atoms with van der Waals surface area (Å²) < 4.78 is 18.3. The Morgan fingerprint density at radius 1 is 1.33 bits per heavy atom. The summed E-state index contributed by atoms with van der Waals surface area (Å²) in [5, 5.41) is 3.13. The molecular weight excluding hydrogens is 233 g/mol. The Kier molecular flexibility index (Phi) is 3.62. The van der Waals surface area contributed by atoms with Crippen molar-refractivity contribution >= 4 is 11.4 Å². The molecule has 0 fully saturated rings. The van der Waals surface area contributed by atoms with Crippen LogP contribution in [0.5, 0.6) is 5.75 Å². The largest absolute Gasteiger partial charge is 0.494 e. The molecule has 2 rings (SSSR count). The standard InChI is InChI=1S/C13H14FN3O/c1-18-13-7-12(11(15)6-10(13)14)17-8-9-2-4-16-5-3-9/h2-7,17H,8,15H2,1H3. The fourth-order valence-corrected chi connectivity index (χ4v) is 1.58. The zero-order valence-electron chi connectivity index (χ0n) is 9.98. The molecule has 0 aliphatic heterocycles. The van der Waals surface area contributed by atoms with Crippen molar-refractivity contribution in [3.8, 4) is 5.75 Å². The van der Waals surface area contributed by atoms with Gasteiger partial charge in [0.2, 0.25) is 0 Å². The number of aromatic nitrogens is 1. The molecule has 5 heteroatoms. The van der Waals surface area contributed by atoms with Crippen LogP contribution >= 0.6 is 0 Å². The third-order valence-corrected chi connectivity index (χ3v) is 2.56. The normalized spacial score (nSPS) is 10.1. The molecule has 0 radical (unpaired) electrons. The number of anilines is 2. The fraction of sp³-hybridized carbons (Fsp3) is 0.154. The van der Waals surface area contributed by atoms with Crippen molar-refractivity contribution in [3.05, 3.63) is 48.0 Å². The summed E-state index contributed by atoms with van der Waals surface area (Å²) in [5.41, 5.74) is 7.79. The van der Waals surface area contributed by atoms with Gasteiger partial charge in [0.1, 0.15) is 0 Å². The Balaban J connectivity index is 2.14. The van der Waals surface area contributed by atoms with E-state index < -0.39 is 5.82 Å². The highest BCUT2D eigenvalue weighted by atomic mass is 19.1. The fourth-order valence-electron chi connectivity index (χ4n) is 1.58. The summed E-state index contributed by atoms with van der Waals surface area (Å²) in [4.78, 5) is 3.93. The molecule has 0 bridgehead atoms. The average molecular weight is 247 g/mol. The second kappa shape index (κ2) is 5.35. The number of nitrogens with one attached hydrogen (secondary N) is 1. The minimum absolute atomic E-state index is 0.168. The van der Waals surface area contributed by atoms with Gasteiger partial charge in [0, 0.05) is 31.1 Å². The molecule has 2 aromatic rings. The van der Waals surface area contributed by atoms with E-state index in [0.29, 0.717) is 17.9 Å². The third-order valence-electron chi connectivity index (χ3n) is 2.56. The number of pyridine rings is 1. The number of halogens is 1.